The molecule has 0 saturated heterocycles. The van der Waals surface area contributed by atoms with Crippen LogP contribution in [-0.4, -0.2) is 44.0 Å². The number of hydrogen-bond acceptors (Lipinski definition) is 7. The van der Waals surface area contributed by atoms with Crippen LogP contribution in [0.2, 0.25) is 0 Å². The lowest BCUT2D eigenvalue weighted by molar-refractivity contribution is 0.353. The third kappa shape index (κ3) is 4.91. The van der Waals surface area contributed by atoms with Crippen LogP contribution in [0.1, 0.15) is 82.1 Å². The van der Waals surface area contributed by atoms with Gasteiger partial charge in [-0.1, -0.05) is 26.0 Å². The number of aromatic nitrogens is 6. The molecule has 3 heterocycles. The summed E-state index contributed by atoms with van der Waals surface area (Å²) in [5.41, 5.74) is 2.38. The van der Waals surface area contributed by atoms with E-state index in [1.165, 1.54) is 18.2 Å². The van der Waals surface area contributed by atoms with Crippen molar-refractivity contribution in [2.45, 2.75) is 75.7 Å². The molecule has 8 nitrogen and oxygen atoms in total. The Morgan fingerprint density at radius 1 is 1.02 bits per heavy atom. The molecule has 1 aliphatic rings. The Morgan fingerprint density at radius 2 is 1.75 bits per heavy atom. The molecule has 1 N–H and O–H groups in total. The third-order valence-corrected chi connectivity index (χ3v) is 10.1. The van der Waals surface area contributed by atoms with Gasteiger partial charge in [-0.2, -0.15) is 10.2 Å². The third-order valence-electron chi connectivity index (χ3n) is 8.01. The summed E-state index contributed by atoms with van der Waals surface area (Å²) in [5.74, 6) is -0.861. The predicted molar refractivity (Wildman–Crippen MR) is 148 cm³/mol. The maximum atomic E-state index is 14.6. The second-order valence-corrected chi connectivity index (χ2v) is 13.1. The molecule has 1 aromatic carbocycles. The molecule has 0 radical (unpaired) electrons. The zero-order chi connectivity index (χ0) is 28.7. The first kappa shape index (κ1) is 27.9. The fourth-order valence-corrected chi connectivity index (χ4v) is 6.35. The van der Waals surface area contributed by atoms with Crippen molar-refractivity contribution in [2.75, 3.05) is 0 Å². The summed E-state index contributed by atoms with van der Waals surface area (Å²) in [6.07, 6.45) is 3.16. The van der Waals surface area contributed by atoms with Crippen molar-refractivity contribution in [3.8, 4) is 22.8 Å². The summed E-state index contributed by atoms with van der Waals surface area (Å²) in [4.78, 5) is 9.34. The number of sulfone groups is 1. The number of H-pyrrole nitrogens is 1. The minimum Gasteiger partial charge on any atom is -0.262 e. The molecule has 11 heteroatoms. The van der Waals surface area contributed by atoms with E-state index in [-0.39, 0.29) is 28.8 Å². The highest BCUT2D eigenvalue weighted by Gasteiger charge is 2.43. The minimum atomic E-state index is -3.35. The summed E-state index contributed by atoms with van der Waals surface area (Å²) in [6, 6.07) is 11.1. The molecule has 0 spiro atoms. The summed E-state index contributed by atoms with van der Waals surface area (Å²) in [5, 5.41) is 15.4. The lowest BCUT2D eigenvalue weighted by atomic mass is 9.65. The molecule has 0 amide bonds. The van der Waals surface area contributed by atoms with Crippen LogP contribution < -0.4 is 0 Å². The average Bonchev–Trinajstić information content (AvgIpc) is 3.40. The van der Waals surface area contributed by atoms with Gasteiger partial charge in [0, 0.05) is 0 Å². The van der Waals surface area contributed by atoms with Crippen LogP contribution in [0.25, 0.3) is 22.8 Å². The van der Waals surface area contributed by atoms with Crippen LogP contribution in [0.4, 0.5) is 8.78 Å². The zero-order valence-corrected chi connectivity index (χ0v) is 23.8. The van der Waals surface area contributed by atoms with Gasteiger partial charge in [0.25, 0.3) is 0 Å². The van der Waals surface area contributed by atoms with Gasteiger partial charge in [-0.05, 0) is 81.3 Å². The SMILES string of the molecule is CC[C@H]1CC[C@](CC)(c2cccc(-c3n[nH]c(CS(=O)(=O)C(C)C)n3)n2)c2nnc(-c3c(F)cccc3F)cc21. The van der Waals surface area contributed by atoms with Crippen molar-refractivity contribution in [2.24, 2.45) is 0 Å². The van der Waals surface area contributed by atoms with E-state index in [0.717, 1.165) is 36.2 Å². The van der Waals surface area contributed by atoms with Crippen molar-refractivity contribution >= 4 is 9.84 Å². The number of rotatable bonds is 8. The van der Waals surface area contributed by atoms with E-state index in [1.807, 2.05) is 12.1 Å². The molecule has 4 aromatic rings. The van der Waals surface area contributed by atoms with Crippen LogP contribution in [0, 0.1) is 11.6 Å². The number of nitrogens with one attached hydrogen (secondary N) is 1. The van der Waals surface area contributed by atoms with E-state index in [9.17, 15) is 17.2 Å². The van der Waals surface area contributed by atoms with E-state index >= 15 is 0 Å². The Kier molecular flexibility index (Phi) is 7.52. The number of aromatic amines is 1. The van der Waals surface area contributed by atoms with Gasteiger partial charge in [-0.25, -0.2) is 27.2 Å². The molecule has 40 heavy (non-hydrogen) atoms. The second kappa shape index (κ2) is 10.8. The van der Waals surface area contributed by atoms with Crippen molar-refractivity contribution in [1.82, 2.24) is 30.4 Å². The van der Waals surface area contributed by atoms with Gasteiger partial charge in [-0.15, -0.1) is 5.10 Å². The molecule has 3 aromatic heterocycles. The number of fused-ring (bicyclic) bond motifs is 1. The Labute approximate surface area is 232 Å². The maximum Gasteiger partial charge on any atom is 0.199 e. The zero-order valence-electron chi connectivity index (χ0n) is 22.9. The Bertz CT molecular complexity index is 1640. The summed E-state index contributed by atoms with van der Waals surface area (Å²) in [6.45, 7) is 7.42. The smallest absolute Gasteiger partial charge is 0.199 e. The second-order valence-electron chi connectivity index (χ2n) is 10.6. The van der Waals surface area contributed by atoms with Gasteiger partial charge in [0.05, 0.1) is 33.3 Å². The van der Waals surface area contributed by atoms with Gasteiger partial charge in [0.1, 0.15) is 28.9 Å². The summed E-state index contributed by atoms with van der Waals surface area (Å²) >= 11 is 0. The molecular formula is C29H32F2N6O2S. The molecule has 210 valence electrons. The largest absolute Gasteiger partial charge is 0.262 e. The Morgan fingerprint density at radius 3 is 2.42 bits per heavy atom. The number of halogens is 2. The molecule has 0 saturated carbocycles. The van der Waals surface area contributed by atoms with E-state index in [0.29, 0.717) is 17.9 Å². The van der Waals surface area contributed by atoms with E-state index in [1.54, 1.807) is 26.0 Å². The first-order valence-corrected chi connectivity index (χ1v) is 15.2. The topological polar surface area (TPSA) is 114 Å². The molecular weight excluding hydrogens is 534 g/mol. The van der Waals surface area contributed by atoms with Crippen LogP contribution in [0.15, 0.2) is 42.5 Å². The fourth-order valence-electron chi connectivity index (χ4n) is 5.50. The highest BCUT2D eigenvalue weighted by Crippen LogP contribution is 2.49. The minimum absolute atomic E-state index is 0.167. The standard InChI is InChI=1S/C29H32F2N6O2S/c1-5-18-13-14-29(6-2,27-19(18)15-23(34-36-27)26-20(30)9-7-10-21(26)31)24-12-8-11-22(32-24)28-33-25(35-37-28)16-40(38,39)17(3)4/h7-12,15,17-18H,5-6,13-14,16H2,1-4H3,(H,33,35,37)/t18-,29+/m0/s1. The Hall–Kier alpha value is -3.60. The van der Waals surface area contributed by atoms with Crippen LogP contribution in [0.3, 0.4) is 0 Å². The monoisotopic (exact) mass is 566 g/mol. The van der Waals surface area contributed by atoms with E-state index in [4.69, 9.17) is 4.98 Å². The molecule has 0 unspecified atom stereocenters. The highest BCUT2D eigenvalue weighted by atomic mass is 32.2. The average molecular weight is 567 g/mol. The molecule has 2 atom stereocenters. The normalized spacial score (nSPS) is 19.1. The first-order valence-electron chi connectivity index (χ1n) is 13.5. The fraction of sp³-hybridized carbons (Fsp3) is 0.414. The molecule has 0 aliphatic heterocycles. The van der Waals surface area contributed by atoms with Crippen molar-refractivity contribution in [1.29, 1.82) is 0 Å². The highest BCUT2D eigenvalue weighted by molar-refractivity contribution is 7.91. The van der Waals surface area contributed by atoms with Crippen LogP contribution >= 0.6 is 0 Å². The van der Waals surface area contributed by atoms with Crippen molar-refractivity contribution < 1.29 is 17.2 Å². The van der Waals surface area contributed by atoms with E-state index < -0.39 is 32.1 Å². The quantitative estimate of drug-likeness (QED) is 0.282. The van der Waals surface area contributed by atoms with Gasteiger partial charge in [-0.3, -0.25) is 5.10 Å². The molecule has 0 fully saturated rings. The van der Waals surface area contributed by atoms with E-state index in [2.05, 4.69) is 39.2 Å². The van der Waals surface area contributed by atoms with Crippen LogP contribution in [-0.2, 0) is 21.0 Å². The molecule has 5 rings (SSSR count). The number of hydrogen-bond donors (Lipinski definition) is 1. The lowest BCUT2D eigenvalue weighted by Crippen LogP contribution is -2.35. The number of nitrogens with zero attached hydrogens (tertiary/aromatic N) is 5. The maximum absolute atomic E-state index is 14.6. The molecule has 0 bridgehead atoms. The first-order chi connectivity index (χ1) is 19.1. The van der Waals surface area contributed by atoms with Crippen LogP contribution in [0.5, 0.6) is 0 Å². The van der Waals surface area contributed by atoms with Crippen molar-refractivity contribution in [3.63, 3.8) is 0 Å². The Balaban J connectivity index is 1.57. The van der Waals surface area contributed by atoms with Crippen molar-refractivity contribution in [3.05, 3.63) is 76.9 Å². The number of benzene rings is 1. The molecule has 1 aliphatic carbocycles. The van der Waals surface area contributed by atoms with Gasteiger partial charge >= 0.3 is 0 Å². The lowest BCUT2D eigenvalue weighted by Gasteiger charge is -2.40. The van der Waals surface area contributed by atoms with Gasteiger partial charge < -0.3 is 0 Å². The predicted octanol–water partition coefficient (Wildman–Crippen LogP) is 5.91. The summed E-state index contributed by atoms with van der Waals surface area (Å²) in [7, 11) is -3.35. The number of pyridine rings is 1. The van der Waals surface area contributed by atoms with Gasteiger partial charge in [0.15, 0.2) is 15.7 Å². The summed E-state index contributed by atoms with van der Waals surface area (Å²) < 4.78 is 53.9. The van der Waals surface area contributed by atoms with Gasteiger partial charge in [0.2, 0.25) is 0 Å².